The van der Waals surface area contributed by atoms with Gasteiger partial charge >= 0.3 is 0 Å². The van der Waals surface area contributed by atoms with Gasteiger partial charge in [-0.2, -0.15) is 0 Å². The molecule has 0 aliphatic heterocycles. The average Bonchev–Trinajstić information content (AvgIpc) is 3.39. The maximum Gasteiger partial charge on any atom is 0.261 e. The number of hydrogen-bond donors (Lipinski definition) is 0. The van der Waals surface area contributed by atoms with E-state index in [1.54, 1.807) is 28.4 Å². The van der Waals surface area contributed by atoms with Gasteiger partial charge in [0.1, 0.15) is 18.6 Å². The lowest BCUT2D eigenvalue weighted by Crippen LogP contribution is -2.68. The minimum atomic E-state index is -3.23. The van der Waals surface area contributed by atoms with Gasteiger partial charge in [0.2, 0.25) is 0 Å². The molecule has 0 N–H and O–H groups in total. The van der Waals surface area contributed by atoms with Crippen molar-refractivity contribution in [3.63, 3.8) is 0 Å². The van der Waals surface area contributed by atoms with Crippen molar-refractivity contribution >= 4 is 45.7 Å². The molecule has 0 aliphatic carbocycles. The molecule has 0 saturated heterocycles. The summed E-state index contributed by atoms with van der Waals surface area (Å²) in [5.74, 6) is 0.788. The van der Waals surface area contributed by atoms with Crippen molar-refractivity contribution in [1.82, 2.24) is 0 Å². The second-order valence-corrected chi connectivity index (χ2v) is 37.8. The van der Waals surface area contributed by atoms with Crippen LogP contribution in [0, 0.1) is 5.41 Å². The second-order valence-electron chi connectivity index (χ2n) is 24.5. The zero-order chi connectivity index (χ0) is 56.0. The summed E-state index contributed by atoms with van der Waals surface area (Å²) < 4.78 is 62.4. The highest BCUT2D eigenvalue weighted by molar-refractivity contribution is 7.00. The summed E-state index contributed by atoms with van der Waals surface area (Å²) in [4.78, 5) is 0. The van der Waals surface area contributed by atoms with E-state index in [1.165, 1.54) is 20.7 Å². The summed E-state index contributed by atoms with van der Waals surface area (Å²) in [6, 6.07) is 51.1. The molecule has 0 fully saturated rings. The normalized spacial score (nSPS) is 15.6. The molecule has 9 nitrogen and oxygen atoms in total. The Morgan fingerprint density at radius 1 is 0.500 bits per heavy atom. The summed E-state index contributed by atoms with van der Waals surface area (Å²) in [5.41, 5.74) is 0.459. The molecule has 0 heterocycles. The SMILES string of the molecule is C=CC(C)(C)[C@H](OCc1ccc(OC)cc1)[C@H](O[Si](C)(C)C(C)(C)C)[C@@H](C[C@H](C[C@@H](OC)[C@@H](CO[Si](c1ccccc1)(c1ccccc1)C(C)(C)C)OCOC)O[Si](c1ccccc1)(c1ccccc1)C(C)(C)C)OC. The Balaban J connectivity index is 1.73. The van der Waals surface area contributed by atoms with Crippen molar-refractivity contribution in [3.05, 3.63) is 164 Å². The maximum atomic E-state index is 8.27. The van der Waals surface area contributed by atoms with Crippen LogP contribution in [-0.2, 0) is 43.6 Å². The minimum Gasteiger partial charge on any atom is -0.497 e. The molecule has 0 bridgehead atoms. The topological polar surface area (TPSA) is 83.1 Å². The molecule has 0 unspecified atom stereocenters. The Labute approximate surface area is 462 Å². The average molecular weight is 1090 g/mol. The fourth-order valence-corrected chi connectivity index (χ4v) is 21.0. The van der Waals surface area contributed by atoms with Crippen LogP contribution < -0.4 is 25.5 Å². The smallest absolute Gasteiger partial charge is 0.261 e. The summed E-state index contributed by atoms with van der Waals surface area (Å²) in [6.45, 7) is 34.6. The molecule has 6 atom stereocenters. The summed E-state index contributed by atoms with van der Waals surface area (Å²) in [5, 5.41) is 3.97. The Kier molecular flexibility index (Phi) is 22.5. The van der Waals surface area contributed by atoms with Gasteiger partial charge in [-0.3, -0.25) is 0 Å². The lowest BCUT2D eigenvalue weighted by atomic mass is 9.81. The van der Waals surface area contributed by atoms with E-state index in [9.17, 15) is 0 Å². The van der Waals surface area contributed by atoms with Crippen LogP contribution in [0.3, 0.4) is 0 Å². The van der Waals surface area contributed by atoms with Gasteiger partial charge in [-0.1, -0.05) is 216 Å². The third kappa shape index (κ3) is 15.0. The molecule has 0 amide bonds. The van der Waals surface area contributed by atoms with Gasteiger partial charge in [-0.05, 0) is 66.7 Å². The molecule has 0 aromatic heterocycles. The van der Waals surface area contributed by atoms with Crippen molar-refractivity contribution in [1.29, 1.82) is 0 Å². The van der Waals surface area contributed by atoms with E-state index >= 15 is 0 Å². The number of rotatable bonds is 29. The van der Waals surface area contributed by atoms with Crippen LogP contribution in [0.15, 0.2) is 158 Å². The number of hydrogen-bond acceptors (Lipinski definition) is 9. The second kappa shape index (κ2) is 27.2. The fraction of sp³-hybridized carbons (Fsp3) is 0.500. The van der Waals surface area contributed by atoms with Crippen LogP contribution >= 0.6 is 0 Å². The first-order valence-electron chi connectivity index (χ1n) is 27.1. The third-order valence-corrected chi connectivity index (χ3v) is 30.4. The number of methoxy groups -OCH3 is 4. The highest BCUT2D eigenvalue weighted by atomic mass is 28.4. The molecule has 0 aliphatic rings. The van der Waals surface area contributed by atoms with E-state index in [0.717, 1.165) is 11.3 Å². The zero-order valence-corrected chi connectivity index (χ0v) is 52.3. The van der Waals surface area contributed by atoms with Crippen LogP contribution in [0.2, 0.25) is 28.2 Å². The lowest BCUT2D eigenvalue weighted by molar-refractivity contribution is -0.149. The van der Waals surface area contributed by atoms with Crippen molar-refractivity contribution < 1.29 is 41.7 Å². The molecule has 5 aromatic carbocycles. The fourth-order valence-electron chi connectivity index (χ4n) is 10.4. The van der Waals surface area contributed by atoms with Gasteiger partial charge < -0.3 is 41.7 Å². The van der Waals surface area contributed by atoms with Gasteiger partial charge in [0.05, 0.1) is 50.8 Å². The highest BCUT2D eigenvalue weighted by Crippen LogP contribution is 2.44. The van der Waals surface area contributed by atoms with E-state index in [-0.39, 0.29) is 28.5 Å². The molecule has 0 radical (unpaired) electrons. The Bertz CT molecular complexity index is 2370. The van der Waals surface area contributed by atoms with Crippen molar-refractivity contribution in [2.75, 3.05) is 41.8 Å². The lowest BCUT2D eigenvalue weighted by Gasteiger charge is -2.49. The highest BCUT2D eigenvalue weighted by Gasteiger charge is 2.54. The Morgan fingerprint density at radius 2 is 0.934 bits per heavy atom. The van der Waals surface area contributed by atoms with Crippen LogP contribution in [0.1, 0.15) is 94.6 Å². The summed E-state index contributed by atoms with van der Waals surface area (Å²) >= 11 is 0. The molecule has 416 valence electrons. The monoisotopic (exact) mass is 1090 g/mol. The quantitative estimate of drug-likeness (QED) is 0.0264. The van der Waals surface area contributed by atoms with Gasteiger partial charge in [0.25, 0.3) is 16.6 Å². The molecular weight excluding hydrogens is 997 g/mol. The largest absolute Gasteiger partial charge is 0.497 e. The van der Waals surface area contributed by atoms with E-state index in [4.69, 9.17) is 41.7 Å². The molecule has 5 aromatic rings. The first kappa shape index (κ1) is 62.8. The molecule has 5 rings (SSSR count). The van der Waals surface area contributed by atoms with Crippen LogP contribution in [0.25, 0.3) is 0 Å². The van der Waals surface area contributed by atoms with Crippen molar-refractivity contribution in [2.24, 2.45) is 5.41 Å². The molecule has 12 heteroatoms. The third-order valence-electron chi connectivity index (χ3n) is 15.8. The van der Waals surface area contributed by atoms with Gasteiger partial charge in [-0.15, -0.1) is 6.58 Å². The van der Waals surface area contributed by atoms with E-state index < -0.39 is 67.0 Å². The maximum absolute atomic E-state index is 8.27. The number of ether oxygens (including phenoxy) is 6. The molecule has 0 spiro atoms. The first-order chi connectivity index (χ1) is 35.8. The number of benzene rings is 5. The summed E-state index contributed by atoms with van der Waals surface area (Å²) in [6.07, 6.45) is -0.308. The molecule has 76 heavy (non-hydrogen) atoms. The van der Waals surface area contributed by atoms with Gasteiger partial charge in [0, 0.05) is 39.6 Å². The minimum absolute atomic E-state index is 0.0435. The predicted molar refractivity (Wildman–Crippen MR) is 321 cm³/mol. The van der Waals surface area contributed by atoms with Crippen LogP contribution in [0.4, 0.5) is 0 Å². The van der Waals surface area contributed by atoms with Crippen molar-refractivity contribution in [3.8, 4) is 5.75 Å². The summed E-state index contributed by atoms with van der Waals surface area (Å²) in [7, 11) is -1.90. The van der Waals surface area contributed by atoms with E-state index in [2.05, 4.69) is 217 Å². The molecular formula is C64H94O9Si3. The zero-order valence-electron chi connectivity index (χ0n) is 49.3. The predicted octanol–water partition coefficient (Wildman–Crippen LogP) is 12.5. The first-order valence-corrected chi connectivity index (χ1v) is 33.8. The van der Waals surface area contributed by atoms with Crippen LogP contribution in [-0.4, -0.2) is 103 Å². The standard InChI is InChI=1S/C64H94O9Si3/c1-19-64(11,12)60(69-46-49-40-42-50(66-14)43-41-49)59(73-74(17,18)61(2,3)4)57(68-16)45-51(72-76(63(8,9)10,54-36-28-22-29-37-54)55-38-30-23-31-39-55)44-56(67-15)58(70-48-65-13)47-71-75(62(5,6)7,52-32-24-20-25-33-52)53-34-26-21-27-35-53/h19-43,51,56-60H,1,44-48H2,2-18H3/t51-,56+,57+,58+,59+,60+/m0/s1. The molecule has 0 saturated carbocycles. The van der Waals surface area contributed by atoms with Crippen molar-refractivity contribution in [2.45, 2.75) is 160 Å². The van der Waals surface area contributed by atoms with Crippen LogP contribution in [0.5, 0.6) is 5.75 Å². The van der Waals surface area contributed by atoms with Gasteiger partial charge in [-0.25, -0.2) is 0 Å². The Hall–Kier alpha value is -4.03. The van der Waals surface area contributed by atoms with E-state index in [1.807, 2.05) is 30.3 Å². The van der Waals surface area contributed by atoms with E-state index in [0.29, 0.717) is 19.4 Å². The Morgan fingerprint density at radius 3 is 1.32 bits per heavy atom. The van der Waals surface area contributed by atoms with Gasteiger partial charge in [0.15, 0.2) is 8.32 Å².